The van der Waals surface area contributed by atoms with Crippen molar-refractivity contribution in [2.75, 3.05) is 13.1 Å². The van der Waals surface area contributed by atoms with Crippen LogP contribution < -0.4 is 4.74 Å². The minimum Gasteiger partial charge on any atom is -0.489 e. The Kier molecular flexibility index (Phi) is 4.74. The minimum atomic E-state index is -0.211. The van der Waals surface area contributed by atoms with E-state index >= 15 is 0 Å². The summed E-state index contributed by atoms with van der Waals surface area (Å²) in [6.45, 7) is 2.93. The van der Waals surface area contributed by atoms with Crippen LogP contribution in [0.25, 0.3) is 11.0 Å². The number of hydrogen-bond donors (Lipinski definition) is 2. The van der Waals surface area contributed by atoms with Gasteiger partial charge < -0.3 is 14.8 Å². The van der Waals surface area contributed by atoms with Gasteiger partial charge in [0, 0.05) is 29.7 Å². The number of likely N-dealkylation sites (tertiary alicyclic amines) is 1. The van der Waals surface area contributed by atoms with Crippen molar-refractivity contribution in [1.82, 2.24) is 14.9 Å². The van der Waals surface area contributed by atoms with E-state index in [0.29, 0.717) is 6.61 Å². The van der Waals surface area contributed by atoms with Crippen molar-refractivity contribution in [3.63, 3.8) is 0 Å². The van der Waals surface area contributed by atoms with Gasteiger partial charge in [0.25, 0.3) is 0 Å². The molecule has 4 rings (SSSR count). The summed E-state index contributed by atoms with van der Waals surface area (Å²) >= 11 is 3.54. The Morgan fingerprint density at radius 1 is 1.28 bits per heavy atom. The average molecular weight is 402 g/mol. The number of β-amino-alcohol motifs (C(OH)–C–C–N with tert-alkyl or cyclic N) is 1. The largest absolute Gasteiger partial charge is 0.489 e. The molecule has 0 amide bonds. The van der Waals surface area contributed by atoms with Crippen LogP contribution >= 0.6 is 15.9 Å². The molecule has 1 atom stereocenters. The van der Waals surface area contributed by atoms with Gasteiger partial charge in [-0.2, -0.15) is 0 Å². The van der Waals surface area contributed by atoms with E-state index in [9.17, 15) is 5.11 Å². The van der Waals surface area contributed by atoms with E-state index < -0.39 is 0 Å². The van der Waals surface area contributed by atoms with Crippen molar-refractivity contribution >= 4 is 27.0 Å². The molecule has 3 aromatic rings. The maximum absolute atomic E-state index is 9.73. The molecule has 0 unspecified atom stereocenters. The van der Waals surface area contributed by atoms with Gasteiger partial charge in [-0.05, 0) is 42.3 Å². The summed E-state index contributed by atoms with van der Waals surface area (Å²) in [5, 5.41) is 9.73. The maximum Gasteiger partial charge on any atom is 0.124 e. The smallest absolute Gasteiger partial charge is 0.124 e. The molecule has 0 radical (unpaired) electrons. The zero-order valence-corrected chi connectivity index (χ0v) is 15.4. The third-order valence-electron chi connectivity index (χ3n) is 4.54. The van der Waals surface area contributed by atoms with E-state index in [1.165, 1.54) is 0 Å². The molecule has 6 heteroatoms. The SMILES string of the molecule is O[C@H]1CCN(Cc2cc(Br)ccc2OCc2ccc3nc[nH]c3c2)C1. The number of aliphatic hydroxyl groups excluding tert-OH is 1. The number of hydrogen-bond acceptors (Lipinski definition) is 4. The Hall–Kier alpha value is -1.89. The van der Waals surface area contributed by atoms with Crippen LogP contribution in [0.5, 0.6) is 5.75 Å². The fourth-order valence-electron chi connectivity index (χ4n) is 3.24. The molecule has 0 spiro atoms. The normalized spacial score (nSPS) is 18.1. The number of imidazole rings is 1. The number of fused-ring (bicyclic) bond motifs is 1. The van der Waals surface area contributed by atoms with Crippen molar-refractivity contribution in [2.24, 2.45) is 0 Å². The maximum atomic E-state index is 9.73. The Bertz CT molecular complexity index is 880. The van der Waals surface area contributed by atoms with Gasteiger partial charge in [-0.15, -0.1) is 0 Å². The summed E-state index contributed by atoms with van der Waals surface area (Å²) in [5.74, 6) is 0.884. The van der Waals surface area contributed by atoms with Crippen LogP contribution in [0.4, 0.5) is 0 Å². The lowest BCUT2D eigenvalue weighted by Crippen LogP contribution is -2.21. The Labute approximate surface area is 154 Å². The lowest BCUT2D eigenvalue weighted by molar-refractivity contribution is 0.174. The van der Waals surface area contributed by atoms with Gasteiger partial charge in [0.2, 0.25) is 0 Å². The molecule has 1 aliphatic rings. The summed E-state index contributed by atoms with van der Waals surface area (Å²) in [5.41, 5.74) is 4.21. The predicted octanol–water partition coefficient (Wildman–Crippen LogP) is 3.47. The van der Waals surface area contributed by atoms with Crippen molar-refractivity contribution in [2.45, 2.75) is 25.7 Å². The Morgan fingerprint density at radius 2 is 2.20 bits per heavy atom. The first-order valence-corrected chi connectivity index (χ1v) is 9.20. The summed E-state index contributed by atoms with van der Waals surface area (Å²) in [6.07, 6.45) is 2.33. The number of aromatic amines is 1. The molecule has 5 nitrogen and oxygen atoms in total. The number of nitrogens with zero attached hydrogens (tertiary/aromatic N) is 2. The monoisotopic (exact) mass is 401 g/mol. The lowest BCUT2D eigenvalue weighted by atomic mass is 10.2. The number of H-pyrrole nitrogens is 1. The molecular weight excluding hydrogens is 382 g/mol. The highest BCUT2D eigenvalue weighted by molar-refractivity contribution is 9.10. The summed E-state index contributed by atoms with van der Waals surface area (Å²) < 4.78 is 7.13. The topological polar surface area (TPSA) is 61.4 Å². The van der Waals surface area contributed by atoms with E-state index in [1.54, 1.807) is 6.33 Å². The number of halogens is 1. The molecule has 2 N–H and O–H groups in total. The zero-order valence-electron chi connectivity index (χ0n) is 13.8. The highest BCUT2D eigenvalue weighted by Crippen LogP contribution is 2.27. The zero-order chi connectivity index (χ0) is 17.2. The van der Waals surface area contributed by atoms with Crippen LogP contribution in [0.2, 0.25) is 0 Å². The van der Waals surface area contributed by atoms with Gasteiger partial charge in [0.1, 0.15) is 12.4 Å². The number of aliphatic hydroxyl groups is 1. The molecule has 0 saturated carbocycles. The molecule has 2 aromatic carbocycles. The van der Waals surface area contributed by atoms with Crippen LogP contribution in [0, 0.1) is 0 Å². The van der Waals surface area contributed by atoms with Crippen molar-refractivity contribution in [1.29, 1.82) is 0 Å². The molecule has 130 valence electrons. The molecule has 0 aliphatic carbocycles. The van der Waals surface area contributed by atoms with Gasteiger partial charge in [-0.1, -0.05) is 22.0 Å². The molecule has 2 heterocycles. The van der Waals surface area contributed by atoms with E-state index in [4.69, 9.17) is 4.74 Å². The molecule has 1 fully saturated rings. The second kappa shape index (κ2) is 7.15. The van der Waals surface area contributed by atoms with E-state index in [1.807, 2.05) is 24.3 Å². The van der Waals surface area contributed by atoms with E-state index in [-0.39, 0.29) is 6.10 Å². The molecule has 1 saturated heterocycles. The van der Waals surface area contributed by atoms with Crippen LogP contribution in [0.15, 0.2) is 47.2 Å². The van der Waals surface area contributed by atoms with Gasteiger partial charge in [-0.3, -0.25) is 4.90 Å². The Balaban J connectivity index is 1.49. The third kappa shape index (κ3) is 3.86. The van der Waals surface area contributed by atoms with Crippen LogP contribution in [-0.4, -0.2) is 39.2 Å². The highest BCUT2D eigenvalue weighted by atomic mass is 79.9. The quantitative estimate of drug-likeness (QED) is 0.686. The highest BCUT2D eigenvalue weighted by Gasteiger charge is 2.21. The van der Waals surface area contributed by atoms with Gasteiger partial charge >= 0.3 is 0 Å². The fraction of sp³-hybridized carbons (Fsp3) is 0.316. The van der Waals surface area contributed by atoms with Crippen LogP contribution in [0.1, 0.15) is 17.5 Å². The summed E-state index contributed by atoms with van der Waals surface area (Å²) in [6, 6.07) is 12.2. The van der Waals surface area contributed by atoms with Gasteiger partial charge in [-0.25, -0.2) is 4.98 Å². The van der Waals surface area contributed by atoms with Crippen LogP contribution in [-0.2, 0) is 13.2 Å². The fourth-order valence-corrected chi connectivity index (χ4v) is 3.65. The van der Waals surface area contributed by atoms with Gasteiger partial charge in [0.05, 0.1) is 23.5 Å². The van der Waals surface area contributed by atoms with Crippen molar-refractivity contribution < 1.29 is 9.84 Å². The lowest BCUT2D eigenvalue weighted by Gasteiger charge is -2.18. The van der Waals surface area contributed by atoms with Crippen molar-refractivity contribution in [3.05, 3.63) is 58.3 Å². The number of aromatic nitrogens is 2. The number of nitrogens with one attached hydrogen (secondary N) is 1. The van der Waals surface area contributed by atoms with Crippen molar-refractivity contribution in [3.8, 4) is 5.75 Å². The average Bonchev–Trinajstić information content (AvgIpc) is 3.22. The molecular formula is C19H20BrN3O2. The second-order valence-corrected chi connectivity index (χ2v) is 7.39. The molecule has 25 heavy (non-hydrogen) atoms. The second-order valence-electron chi connectivity index (χ2n) is 6.47. The first-order chi connectivity index (χ1) is 12.2. The number of rotatable bonds is 5. The molecule has 1 aliphatic heterocycles. The molecule has 0 bridgehead atoms. The van der Waals surface area contributed by atoms with E-state index in [2.05, 4.69) is 42.9 Å². The molecule has 1 aromatic heterocycles. The number of ether oxygens (including phenoxy) is 1. The van der Waals surface area contributed by atoms with Gasteiger partial charge in [0.15, 0.2) is 0 Å². The summed E-state index contributed by atoms with van der Waals surface area (Å²) in [7, 11) is 0. The number of benzene rings is 2. The van der Waals surface area contributed by atoms with Crippen LogP contribution in [0.3, 0.4) is 0 Å². The summed E-state index contributed by atoms with van der Waals surface area (Å²) in [4.78, 5) is 9.62. The Morgan fingerprint density at radius 3 is 3.04 bits per heavy atom. The first-order valence-electron chi connectivity index (χ1n) is 8.41. The van der Waals surface area contributed by atoms with E-state index in [0.717, 1.165) is 58.4 Å². The third-order valence-corrected chi connectivity index (χ3v) is 5.04. The minimum absolute atomic E-state index is 0.211. The first kappa shape index (κ1) is 16.6. The predicted molar refractivity (Wildman–Crippen MR) is 100 cm³/mol. The standard InChI is InChI=1S/C19H20BrN3O2/c20-15-2-4-19(14(8-15)9-23-6-5-16(24)10-23)25-11-13-1-3-17-18(7-13)22-12-21-17/h1-4,7-8,12,16,24H,5-6,9-11H2,(H,21,22)/t16-/m0/s1.